The summed E-state index contributed by atoms with van der Waals surface area (Å²) >= 11 is 0. The summed E-state index contributed by atoms with van der Waals surface area (Å²) in [4.78, 5) is 0. The first kappa shape index (κ1) is 15.4. The number of nitrogens with one attached hydrogen (secondary N) is 2. The monoisotopic (exact) mass is 273 g/mol. The SMILES string of the molecule is CCC1CCC(C#N)(NS(=O)(=O)NC(C)C)CC1. The number of hydrogen-bond acceptors (Lipinski definition) is 3. The van der Waals surface area contributed by atoms with Crippen molar-refractivity contribution in [1.82, 2.24) is 9.44 Å². The summed E-state index contributed by atoms with van der Waals surface area (Å²) < 4.78 is 28.7. The van der Waals surface area contributed by atoms with E-state index in [1.54, 1.807) is 13.8 Å². The minimum absolute atomic E-state index is 0.176. The van der Waals surface area contributed by atoms with E-state index in [2.05, 4.69) is 22.4 Å². The molecule has 1 fully saturated rings. The molecule has 0 spiro atoms. The Hall–Kier alpha value is -0.640. The van der Waals surface area contributed by atoms with Crippen molar-refractivity contribution in [3.05, 3.63) is 0 Å². The second kappa shape index (κ2) is 6.00. The Morgan fingerprint density at radius 1 is 1.39 bits per heavy atom. The van der Waals surface area contributed by atoms with E-state index in [0.29, 0.717) is 18.8 Å². The van der Waals surface area contributed by atoms with Crippen LogP contribution in [0.4, 0.5) is 0 Å². The fraction of sp³-hybridized carbons (Fsp3) is 0.917. The van der Waals surface area contributed by atoms with Crippen LogP contribution in [0.25, 0.3) is 0 Å². The summed E-state index contributed by atoms with van der Waals surface area (Å²) in [5.74, 6) is 0.619. The molecular weight excluding hydrogens is 250 g/mol. The zero-order valence-corrected chi connectivity index (χ0v) is 12.2. The van der Waals surface area contributed by atoms with Gasteiger partial charge in [-0.1, -0.05) is 13.3 Å². The molecule has 0 bridgehead atoms. The van der Waals surface area contributed by atoms with Gasteiger partial charge in [-0.25, -0.2) is 0 Å². The van der Waals surface area contributed by atoms with E-state index in [0.717, 1.165) is 19.3 Å². The molecule has 0 radical (unpaired) electrons. The summed E-state index contributed by atoms with van der Waals surface area (Å²) in [6, 6.07) is 1.99. The topological polar surface area (TPSA) is 82.0 Å². The van der Waals surface area contributed by atoms with Crippen molar-refractivity contribution in [2.45, 2.75) is 64.5 Å². The quantitative estimate of drug-likeness (QED) is 0.799. The molecule has 1 rings (SSSR count). The lowest BCUT2D eigenvalue weighted by Crippen LogP contribution is -2.54. The first-order valence-corrected chi connectivity index (χ1v) is 8.03. The summed E-state index contributed by atoms with van der Waals surface area (Å²) in [6.45, 7) is 5.65. The third-order valence-electron chi connectivity index (χ3n) is 3.47. The molecule has 1 aliphatic rings. The molecule has 5 nitrogen and oxygen atoms in total. The molecule has 104 valence electrons. The normalized spacial score (nSPS) is 29.2. The molecular formula is C12H23N3O2S. The van der Waals surface area contributed by atoms with Gasteiger partial charge in [0, 0.05) is 6.04 Å². The van der Waals surface area contributed by atoms with Gasteiger partial charge in [-0.05, 0) is 45.4 Å². The van der Waals surface area contributed by atoms with Gasteiger partial charge in [-0.2, -0.15) is 23.1 Å². The lowest BCUT2D eigenvalue weighted by atomic mass is 9.77. The van der Waals surface area contributed by atoms with Crippen LogP contribution < -0.4 is 9.44 Å². The lowest BCUT2D eigenvalue weighted by Gasteiger charge is -2.35. The van der Waals surface area contributed by atoms with Gasteiger partial charge in [0.2, 0.25) is 0 Å². The van der Waals surface area contributed by atoms with Crippen LogP contribution in [0, 0.1) is 17.2 Å². The molecule has 18 heavy (non-hydrogen) atoms. The number of rotatable bonds is 5. The predicted molar refractivity (Wildman–Crippen MR) is 70.9 cm³/mol. The molecule has 1 saturated carbocycles. The Bertz CT molecular complexity index is 404. The van der Waals surface area contributed by atoms with Gasteiger partial charge in [-0.15, -0.1) is 0 Å². The van der Waals surface area contributed by atoms with Crippen LogP contribution in [-0.4, -0.2) is 20.0 Å². The number of hydrogen-bond donors (Lipinski definition) is 2. The van der Waals surface area contributed by atoms with Crippen LogP contribution in [-0.2, 0) is 10.2 Å². The van der Waals surface area contributed by atoms with Crippen LogP contribution in [0.3, 0.4) is 0 Å². The van der Waals surface area contributed by atoms with Crippen LogP contribution >= 0.6 is 0 Å². The van der Waals surface area contributed by atoms with E-state index in [1.165, 1.54) is 0 Å². The van der Waals surface area contributed by atoms with Crippen molar-refractivity contribution < 1.29 is 8.42 Å². The summed E-state index contributed by atoms with van der Waals surface area (Å²) in [5.41, 5.74) is -0.924. The van der Waals surface area contributed by atoms with Crippen LogP contribution in [0.2, 0.25) is 0 Å². The molecule has 1 aliphatic carbocycles. The maximum Gasteiger partial charge on any atom is 0.278 e. The number of nitrogens with zero attached hydrogens (tertiary/aromatic N) is 1. The van der Waals surface area contributed by atoms with Crippen molar-refractivity contribution in [2.75, 3.05) is 0 Å². The molecule has 0 atom stereocenters. The highest BCUT2D eigenvalue weighted by atomic mass is 32.2. The molecule has 0 unspecified atom stereocenters. The maximum atomic E-state index is 11.9. The Kier molecular flexibility index (Phi) is 5.14. The van der Waals surface area contributed by atoms with E-state index in [4.69, 9.17) is 0 Å². The average molecular weight is 273 g/mol. The third-order valence-corrected chi connectivity index (χ3v) is 4.91. The van der Waals surface area contributed by atoms with Crippen LogP contribution in [0.1, 0.15) is 52.9 Å². The highest BCUT2D eigenvalue weighted by Crippen LogP contribution is 2.33. The molecule has 0 aromatic rings. The third kappa shape index (κ3) is 4.23. The molecule has 2 N–H and O–H groups in total. The van der Waals surface area contributed by atoms with E-state index >= 15 is 0 Å². The molecule has 6 heteroatoms. The highest BCUT2D eigenvalue weighted by molar-refractivity contribution is 7.87. The van der Waals surface area contributed by atoms with Gasteiger partial charge < -0.3 is 0 Å². The fourth-order valence-corrected chi connectivity index (χ4v) is 3.86. The molecule has 0 aliphatic heterocycles. The van der Waals surface area contributed by atoms with Gasteiger partial charge in [0.25, 0.3) is 10.2 Å². The van der Waals surface area contributed by atoms with Gasteiger partial charge in [-0.3, -0.25) is 0 Å². The Balaban J connectivity index is 2.71. The van der Waals surface area contributed by atoms with E-state index in [1.807, 2.05) is 0 Å². The van der Waals surface area contributed by atoms with Gasteiger partial charge in [0.1, 0.15) is 5.54 Å². The Morgan fingerprint density at radius 3 is 2.33 bits per heavy atom. The molecule has 0 aromatic carbocycles. The predicted octanol–water partition coefficient (Wildman–Crippen LogP) is 1.68. The zero-order valence-electron chi connectivity index (χ0n) is 11.4. The summed E-state index contributed by atoms with van der Waals surface area (Å²) in [5, 5.41) is 9.29. The van der Waals surface area contributed by atoms with Crippen molar-refractivity contribution in [3.8, 4) is 6.07 Å². The standard InChI is InChI=1S/C12H23N3O2S/c1-4-11-5-7-12(9-13,8-6-11)15-18(16,17)14-10(2)3/h10-11,14-15H,4-8H2,1-3H3. The fourth-order valence-electron chi connectivity index (χ4n) is 2.41. The zero-order chi connectivity index (χ0) is 13.8. The van der Waals surface area contributed by atoms with Gasteiger partial charge in [0.15, 0.2) is 0 Å². The van der Waals surface area contributed by atoms with E-state index < -0.39 is 15.7 Å². The Labute approximate surface area is 110 Å². The van der Waals surface area contributed by atoms with E-state index in [9.17, 15) is 13.7 Å². The first-order valence-electron chi connectivity index (χ1n) is 6.55. The van der Waals surface area contributed by atoms with Crippen molar-refractivity contribution in [3.63, 3.8) is 0 Å². The van der Waals surface area contributed by atoms with Crippen LogP contribution in [0.15, 0.2) is 0 Å². The maximum absolute atomic E-state index is 11.9. The second-order valence-corrected chi connectivity index (χ2v) is 6.87. The average Bonchev–Trinajstić information content (AvgIpc) is 2.27. The largest absolute Gasteiger partial charge is 0.278 e. The molecule has 0 aromatic heterocycles. The smallest absolute Gasteiger partial charge is 0.200 e. The van der Waals surface area contributed by atoms with Crippen molar-refractivity contribution in [1.29, 1.82) is 5.26 Å². The van der Waals surface area contributed by atoms with E-state index in [-0.39, 0.29) is 6.04 Å². The van der Waals surface area contributed by atoms with Gasteiger partial charge >= 0.3 is 0 Å². The van der Waals surface area contributed by atoms with Crippen LogP contribution in [0.5, 0.6) is 0 Å². The second-order valence-electron chi connectivity index (χ2n) is 5.42. The molecule has 0 saturated heterocycles. The highest BCUT2D eigenvalue weighted by Gasteiger charge is 2.38. The summed E-state index contributed by atoms with van der Waals surface area (Å²) in [7, 11) is -3.60. The molecule has 0 heterocycles. The molecule has 0 amide bonds. The minimum atomic E-state index is -3.60. The van der Waals surface area contributed by atoms with Crippen molar-refractivity contribution >= 4 is 10.2 Å². The van der Waals surface area contributed by atoms with Crippen molar-refractivity contribution in [2.24, 2.45) is 5.92 Å². The summed E-state index contributed by atoms with van der Waals surface area (Å²) in [6.07, 6.45) is 4.11. The lowest BCUT2D eigenvalue weighted by molar-refractivity contribution is 0.258. The number of nitriles is 1. The Morgan fingerprint density at radius 2 is 1.94 bits per heavy atom. The van der Waals surface area contributed by atoms with Gasteiger partial charge in [0.05, 0.1) is 6.07 Å². The minimum Gasteiger partial charge on any atom is -0.200 e. The first-order chi connectivity index (χ1) is 8.32.